The van der Waals surface area contributed by atoms with Gasteiger partial charge in [-0.3, -0.25) is 4.79 Å². The molecule has 4 nitrogen and oxygen atoms in total. The van der Waals surface area contributed by atoms with E-state index in [0.717, 1.165) is 23.2 Å². The van der Waals surface area contributed by atoms with Crippen LogP contribution in [0.3, 0.4) is 0 Å². The van der Waals surface area contributed by atoms with E-state index >= 15 is 0 Å². The number of carbonyl (C=O) groups excluding carboxylic acids is 1. The fourth-order valence-electron chi connectivity index (χ4n) is 7.93. The standard InChI is InChI=1S/C12H22.C10H20.C8H16O2.2C8H18.C7H16O.C6H14O/c1-11(2,3)12-7-4-10(5-8-12)6-9-12;1-5-10(7-6-8-10)9(2,3)4;1-6(2)8(3,4)7(9)10-5;1-7(2)6-8(3,4)5;1-6-8(4,5)7(2)3;1-6(2)7(3,4)5-8;1-5(2)6(3,4)7/h10H,4-9H2,1-3H3;5-8H2,1-4H3;6H,1-5H3;2*7H,6H2,1-5H3;6,8H,5H2,1-4H3;5,7H,1-4H3. The van der Waals surface area contributed by atoms with Crippen LogP contribution in [0.5, 0.6) is 0 Å². The van der Waals surface area contributed by atoms with Gasteiger partial charge in [-0.05, 0) is 165 Å². The van der Waals surface area contributed by atoms with E-state index in [-0.39, 0.29) is 23.4 Å². The molecule has 0 amide bonds. The lowest BCUT2D eigenvalue weighted by Crippen LogP contribution is -2.43. The normalized spacial score (nSPS) is 19.9. The number of ether oxygens (including phenoxy) is 1. The summed E-state index contributed by atoms with van der Waals surface area (Å²) in [5, 5.41) is 17.9. The average Bonchev–Trinajstić information content (AvgIpc) is 3.10. The maximum atomic E-state index is 11.1. The summed E-state index contributed by atoms with van der Waals surface area (Å²) in [6.07, 6.45) is 17.5. The molecule has 0 aliphatic heterocycles. The van der Waals surface area contributed by atoms with Crippen LogP contribution in [-0.4, -0.2) is 35.5 Å². The predicted octanol–water partition coefficient (Wildman–Crippen LogP) is 18.7. The van der Waals surface area contributed by atoms with Crippen LogP contribution in [-0.2, 0) is 9.53 Å². The predicted molar refractivity (Wildman–Crippen MR) is 284 cm³/mol. The summed E-state index contributed by atoms with van der Waals surface area (Å²) in [6.45, 7) is 63.8. The molecule has 2 bridgehead atoms. The summed E-state index contributed by atoms with van der Waals surface area (Å²) < 4.78 is 4.64. The van der Waals surface area contributed by atoms with Gasteiger partial charge in [-0.15, -0.1) is 0 Å². The Hall–Kier alpha value is -0.610. The van der Waals surface area contributed by atoms with Gasteiger partial charge in [0, 0.05) is 6.61 Å². The van der Waals surface area contributed by atoms with Crippen molar-refractivity contribution in [1.82, 2.24) is 0 Å². The number of hydrogen-bond acceptors (Lipinski definition) is 4. The zero-order chi connectivity index (χ0) is 51.4. The monoisotopic (exact) mass is 897 g/mol. The van der Waals surface area contributed by atoms with Crippen molar-refractivity contribution in [2.75, 3.05) is 13.7 Å². The molecule has 4 aliphatic rings. The van der Waals surface area contributed by atoms with Crippen molar-refractivity contribution in [2.45, 2.75) is 283 Å². The van der Waals surface area contributed by atoms with Crippen LogP contribution in [0.1, 0.15) is 278 Å². The van der Waals surface area contributed by atoms with Gasteiger partial charge in [-0.1, -0.05) is 186 Å². The Bertz CT molecular complexity index is 1100. The molecule has 0 aromatic heterocycles. The number of esters is 1. The summed E-state index contributed by atoms with van der Waals surface area (Å²) >= 11 is 0. The molecule has 4 saturated carbocycles. The Kier molecular flexibility index (Phi) is 31.4. The molecule has 0 saturated heterocycles. The molecule has 63 heavy (non-hydrogen) atoms. The van der Waals surface area contributed by atoms with E-state index in [9.17, 15) is 4.79 Å². The van der Waals surface area contributed by atoms with Gasteiger partial charge in [0.2, 0.25) is 0 Å². The van der Waals surface area contributed by atoms with E-state index in [2.05, 4.69) is 150 Å². The van der Waals surface area contributed by atoms with Gasteiger partial charge in [0.05, 0.1) is 18.1 Å². The molecule has 0 heterocycles. The Balaban J connectivity index is -0.000000325. The lowest BCUT2D eigenvalue weighted by atomic mass is 9.51. The molecule has 0 radical (unpaired) electrons. The van der Waals surface area contributed by atoms with Gasteiger partial charge in [0.15, 0.2) is 0 Å². The lowest BCUT2D eigenvalue weighted by Gasteiger charge is -2.54. The van der Waals surface area contributed by atoms with Gasteiger partial charge in [-0.25, -0.2) is 0 Å². The number of rotatable bonds is 9. The van der Waals surface area contributed by atoms with Crippen molar-refractivity contribution in [3.63, 3.8) is 0 Å². The second-order valence-electron chi connectivity index (χ2n) is 27.9. The molecule has 0 aromatic rings. The third-order valence-corrected chi connectivity index (χ3v) is 17.3. The molecule has 0 spiro atoms. The smallest absolute Gasteiger partial charge is 0.311 e. The van der Waals surface area contributed by atoms with Gasteiger partial charge in [-0.2, -0.15) is 0 Å². The molecule has 4 rings (SSSR count). The number of aliphatic hydroxyl groups is 2. The fourth-order valence-corrected chi connectivity index (χ4v) is 7.93. The zero-order valence-corrected chi connectivity index (χ0v) is 49.4. The Morgan fingerprint density at radius 2 is 0.952 bits per heavy atom. The van der Waals surface area contributed by atoms with Crippen LogP contribution in [0, 0.1) is 78.8 Å². The first-order valence-corrected chi connectivity index (χ1v) is 26.3. The number of fused-ring (bicyclic) bond motifs is 3. The number of hydrogen-bond donors (Lipinski definition) is 2. The second kappa shape index (κ2) is 28.7. The summed E-state index contributed by atoms with van der Waals surface area (Å²) in [5.74, 6) is 3.86. The first kappa shape index (κ1) is 69.0. The quantitative estimate of drug-likeness (QED) is 0.226. The van der Waals surface area contributed by atoms with Gasteiger partial charge in [0.25, 0.3) is 0 Å². The van der Waals surface area contributed by atoms with Gasteiger partial charge in [0.1, 0.15) is 0 Å². The highest BCUT2D eigenvalue weighted by atomic mass is 16.5. The Morgan fingerprint density at radius 3 is 1.02 bits per heavy atom. The lowest BCUT2D eigenvalue weighted by molar-refractivity contribution is -0.153. The molecule has 0 aromatic carbocycles. The fraction of sp³-hybridized carbons (Fsp3) is 0.983. The van der Waals surface area contributed by atoms with Gasteiger partial charge >= 0.3 is 5.97 Å². The van der Waals surface area contributed by atoms with E-state index in [1.807, 2.05) is 55.4 Å². The van der Waals surface area contributed by atoms with Crippen molar-refractivity contribution < 1.29 is 19.7 Å². The number of carbonyl (C=O) groups is 1. The van der Waals surface area contributed by atoms with E-state index in [1.165, 1.54) is 84.2 Å². The SMILES string of the molecule is CC(C)(C)C12CCC(CC1)CC2.CC(C)C(C)(C)CO.CC(C)C(C)(C)O.CC(C)CC(C)(C)C.CCC(C)(C)C(C)C.CCC1(C(C)(C)C)CCC1.COC(=O)C(C)(C)C(C)C. The van der Waals surface area contributed by atoms with Crippen molar-refractivity contribution >= 4 is 5.97 Å². The molecular weight excluding hydrogens is 773 g/mol. The first-order chi connectivity index (χ1) is 27.8. The van der Waals surface area contributed by atoms with Gasteiger partial charge < -0.3 is 14.9 Å². The highest BCUT2D eigenvalue weighted by Gasteiger charge is 2.47. The molecule has 2 N–H and O–H groups in total. The maximum Gasteiger partial charge on any atom is 0.311 e. The first-order valence-electron chi connectivity index (χ1n) is 26.3. The molecule has 384 valence electrons. The van der Waals surface area contributed by atoms with Crippen molar-refractivity contribution in [1.29, 1.82) is 0 Å². The minimum absolute atomic E-state index is 0.0972. The van der Waals surface area contributed by atoms with Crippen LogP contribution in [0.15, 0.2) is 0 Å². The topological polar surface area (TPSA) is 66.8 Å². The minimum Gasteiger partial charge on any atom is -0.469 e. The van der Waals surface area contributed by atoms with E-state index in [4.69, 9.17) is 10.2 Å². The van der Waals surface area contributed by atoms with Crippen LogP contribution in [0.25, 0.3) is 0 Å². The maximum absolute atomic E-state index is 11.1. The summed E-state index contributed by atoms with van der Waals surface area (Å²) in [7, 11) is 1.42. The Morgan fingerprint density at radius 1 is 0.587 bits per heavy atom. The van der Waals surface area contributed by atoms with Crippen LogP contribution < -0.4 is 0 Å². The summed E-state index contributed by atoms with van der Waals surface area (Å²) in [5.41, 5.74) is 2.83. The number of aliphatic hydroxyl groups excluding tert-OH is 1. The molecular formula is C59H124O4. The summed E-state index contributed by atoms with van der Waals surface area (Å²) in [6, 6.07) is 0. The second-order valence-corrected chi connectivity index (χ2v) is 27.9. The molecule has 4 heteroatoms. The zero-order valence-electron chi connectivity index (χ0n) is 49.4. The van der Waals surface area contributed by atoms with E-state index in [1.54, 1.807) is 0 Å². The number of methoxy groups -OCH3 is 1. The van der Waals surface area contributed by atoms with Crippen LogP contribution in [0.4, 0.5) is 0 Å². The minimum atomic E-state index is -0.500. The third-order valence-electron chi connectivity index (χ3n) is 17.3. The molecule has 0 atom stereocenters. The molecule has 4 aliphatic carbocycles. The van der Waals surface area contributed by atoms with E-state index < -0.39 is 5.60 Å². The highest BCUT2D eigenvalue weighted by molar-refractivity contribution is 5.75. The van der Waals surface area contributed by atoms with Crippen molar-refractivity contribution in [3.05, 3.63) is 0 Å². The largest absolute Gasteiger partial charge is 0.469 e. The molecule has 4 fully saturated rings. The third kappa shape index (κ3) is 27.1. The highest BCUT2D eigenvalue weighted by Crippen LogP contribution is 2.59. The molecule has 0 unspecified atom stereocenters. The van der Waals surface area contributed by atoms with Crippen molar-refractivity contribution in [3.8, 4) is 0 Å². The Labute approximate surface area is 400 Å². The summed E-state index contributed by atoms with van der Waals surface area (Å²) in [4.78, 5) is 11.1. The van der Waals surface area contributed by atoms with Crippen LogP contribution >= 0.6 is 0 Å². The van der Waals surface area contributed by atoms with Crippen molar-refractivity contribution in [2.24, 2.45) is 78.8 Å². The van der Waals surface area contributed by atoms with E-state index in [0.29, 0.717) is 44.8 Å². The van der Waals surface area contributed by atoms with Crippen LogP contribution in [0.2, 0.25) is 0 Å². The average molecular weight is 898 g/mol.